The van der Waals surface area contributed by atoms with E-state index in [1.54, 1.807) is 11.0 Å². The highest BCUT2D eigenvalue weighted by molar-refractivity contribution is 5.92. The Morgan fingerprint density at radius 3 is 2.38 bits per heavy atom. The fraction of sp³-hybridized carbons (Fsp3) is 0.412. The lowest BCUT2D eigenvalue weighted by Crippen LogP contribution is -2.34. The summed E-state index contributed by atoms with van der Waals surface area (Å²) >= 11 is 0. The number of hydrogen-bond donors (Lipinski definition) is 1. The maximum atomic E-state index is 12.2. The van der Waals surface area contributed by atoms with Gasteiger partial charge in [0.1, 0.15) is 0 Å². The zero-order valence-electron chi connectivity index (χ0n) is 12.9. The van der Waals surface area contributed by atoms with Gasteiger partial charge in [0.2, 0.25) is 5.91 Å². The maximum absolute atomic E-state index is 12.2. The van der Waals surface area contributed by atoms with Crippen molar-refractivity contribution in [2.45, 2.75) is 27.2 Å². The van der Waals surface area contributed by atoms with E-state index in [4.69, 9.17) is 5.11 Å². The third-order valence-electron chi connectivity index (χ3n) is 2.99. The van der Waals surface area contributed by atoms with Crippen LogP contribution in [0.1, 0.15) is 31.4 Å². The normalized spacial score (nSPS) is 11.0. The molecule has 0 aromatic heterocycles. The average Bonchev–Trinajstić information content (AvgIpc) is 2.42. The molecule has 0 radical (unpaired) electrons. The van der Waals surface area contributed by atoms with Gasteiger partial charge >= 0.3 is 5.97 Å². The molecule has 4 nitrogen and oxygen atoms in total. The molecular weight excluding hydrogens is 266 g/mol. The van der Waals surface area contributed by atoms with Crippen molar-refractivity contribution in [3.05, 3.63) is 41.5 Å². The van der Waals surface area contributed by atoms with Crippen LogP contribution in [0.5, 0.6) is 0 Å². The number of carbonyl (C=O) groups excluding carboxylic acids is 1. The van der Waals surface area contributed by atoms with Gasteiger partial charge in [0.05, 0.1) is 6.42 Å². The van der Waals surface area contributed by atoms with E-state index in [0.717, 1.165) is 5.56 Å². The van der Waals surface area contributed by atoms with Crippen molar-refractivity contribution in [1.29, 1.82) is 0 Å². The standard InChI is InChI=1S/C17H23NO3/c1-13(2)12-18(11-10-17(20)21)16(19)9-8-15-6-4-14(3)5-7-15/h4-9,13H,10-12H2,1-3H3,(H,20,21)/b9-8+. The molecule has 0 aliphatic carbocycles. The van der Waals surface area contributed by atoms with Crippen molar-refractivity contribution in [3.8, 4) is 0 Å². The first-order chi connectivity index (χ1) is 9.88. The Labute approximate surface area is 126 Å². The summed E-state index contributed by atoms with van der Waals surface area (Å²) in [5, 5.41) is 8.76. The summed E-state index contributed by atoms with van der Waals surface area (Å²) in [6.07, 6.45) is 3.24. The van der Waals surface area contributed by atoms with Crippen LogP contribution in [-0.2, 0) is 9.59 Å². The molecule has 0 bridgehead atoms. The second-order valence-corrected chi connectivity index (χ2v) is 5.57. The zero-order chi connectivity index (χ0) is 15.8. The molecule has 1 aromatic rings. The highest BCUT2D eigenvalue weighted by Crippen LogP contribution is 2.07. The largest absolute Gasteiger partial charge is 0.481 e. The number of benzene rings is 1. The van der Waals surface area contributed by atoms with Crippen molar-refractivity contribution in [3.63, 3.8) is 0 Å². The van der Waals surface area contributed by atoms with Gasteiger partial charge in [-0.2, -0.15) is 0 Å². The molecule has 0 atom stereocenters. The summed E-state index contributed by atoms with van der Waals surface area (Å²) in [6, 6.07) is 7.87. The van der Waals surface area contributed by atoms with E-state index in [-0.39, 0.29) is 18.9 Å². The average molecular weight is 289 g/mol. The number of hydrogen-bond acceptors (Lipinski definition) is 2. The minimum absolute atomic E-state index is 0.0309. The second-order valence-electron chi connectivity index (χ2n) is 5.57. The van der Waals surface area contributed by atoms with Gasteiger partial charge in [0.25, 0.3) is 0 Å². The maximum Gasteiger partial charge on any atom is 0.305 e. The molecule has 0 fully saturated rings. The summed E-state index contributed by atoms with van der Waals surface area (Å²) in [5.41, 5.74) is 2.12. The lowest BCUT2D eigenvalue weighted by Gasteiger charge is -2.22. The van der Waals surface area contributed by atoms with Gasteiger partial charge in [0, 0.05) is 19.2 Å². The molecule has 0 aliphatic heterocycles. The SMILES string of the molecule is Cc1ccc(/C=C/C(=O)N(CCC(=O)O)CC(C)C)cc1. The topological polar surface area (TPSA) is 57.6 Å². The van der Waals surface area contributed by atoms with Crippen LogP contribution in [0.2, 0.25) is 0 Å². The number of rotatable bonds is 7. The van der Waals surface area contributed by atoms with Crippen molar-refractivity contribution < 1.29 is 14.7 Å². The quantitative estimate of drug-likeness (QED) is 0.785. The van der Waals surface area contributed by atoms with Crippen LogP contribution in [0.25, 0.3) is 6.08 Å². The van der Waals surface area contributed by atoms with Gasteiger partial charge in [-0.3, -0.25) is 9.59 Å². The molecule has 4 heteroatoms. The Hall–Kier alpha value is -2.10. The first kappa shape index (κ1) is 17.0. The summed E-state index contributed by atoms with van der Waals surface area (Å²) < 4.78 is 0. The van der Waals surface area contributed by atoms with E-state index >= 15 is 0 Å². The van der Waals surface area contributed by atoms with E-state index in [1.807, 2.05) is 45.0 Å². The molecular formula is C17H23NO3. The van der Waals surface area contributed by atoms with Crippen LogP contribution in [0, 0.1) is 12.8 Å². The summed E-state index contributed by atoms with van der Waals surface area (Å²) in [6.45, 7) is 6.82. The molecule has 0 unspecified atom stereocenters. The van der Waals surface area contributed by atoms with Crippen LogP contribution in [0.3, 0.4) is 0 Å². The van der Waals surface area contributed by atoms with E-state index in [2.05, 4.69) is 0 Å². The number of carbonyl (C=O) groups is 2. The molecule has 1 N–H and O–H groups in total. The van der Waals surface area contributed by atoms with E-state index in [9.17, 15) is 9.59 Å². The molecule has 114 valence electrons. The Kier molecular flexibility index (Phi) is 6.66. The van der Waals surface area contributed by atoms with Crippen LogP contribution in [0.4, 0.5) is 0 Å². The predicted octanol–water partition coefficient (Wildman–Crippen LogP) is 2.97. The van der Waals surface area contributed by atoms with E-state index in [1.165, 1.54) is 11.6 Å². The molecule has 0 saturated heterocycles. The van der Waals surface area contributed by atoms with Gasteiger partial charge in [-0.25, -0.2) is 0 Å². The fourth-order valence-corrected chi connectivity index (χ4v) is 1.91. The van der Waals surface area contributed by atoms with Crippen LogP contribution < -0.4 is 0 Å². The lowest BCUT2D eigenvalue weighted by atomic mass is 10.1. The summed E-state index contributed by atoms with van der Waals surface area (Å²) in [5.74, 6) is -0.736. The lowest BCUT2D eigenvalue weighted by molar-refractivity contribution is -0.138. The first-order valence-electron chi connectivity index (χ1n) is 7.14. The third-order valence-corrected chi connectivity index (χ3v) is 2.99. The number of carboxylic acids is 1. The minimum atomic E-state index is -0.890. The third kappa shape index (κ3) is 6.75. The molecule has 1 rings (SSSR count). The molecule has 21 heavy (non-hydrogen) atoms. The van der Waals surface area contributed by atoms with E-state index < -0.39 is 5.97 Å². The highest BCUT2D eigenvalue weighted by Gasteiger charge is 2.13. The predicted molar refractivity (Wildman–Crippen MR) is 83.9 cm³/mol. The smallest absolute Gasteiger partial charge is 0.305 e. The number of amides is 1. The van der Waals surface area contributed by atoms with Crippen molar-refractivity contribution >= 4 is 18.0 Å². The van der Waals surface area contributed by atoms with Gasteiger partial charge in [-0.05, 0) is 24.5 Å². The number of nitrogens with zero attached hydrogens (tertiary/aromatic N) is 1. The monoisotopic (exact) mass is 289 g/mol. The summed E-state index contributed by atoms with van der Waals surface area (Å²) in [4.78, 5) is 24.4. The zero-order valence-corrected chi connectivity index (χ0v) is 12.9. The van der Waals surface area contributed by atoms with Crippen LogP contribution in [-0.4, -0.2) is 35.0 Å². The molecule has 0 saturated carbocycles. The second kappa shape index (κ2) is 8.25. The molecule has 0 spiro atoms. The molecule has 0 heterocycles. The molecule has 0 aliphatic rings. The first-order valence-corrected chi connectivity index (χ1v) is 7.14. The Balaban J connectivity index is 2.70. The molecule has 1 aromatic carbocycles. The van der Waals surface area contributed by atoms with Crippen molar-refractivity contribution in [2.24, 2.45) is 5.92 Å². The van der Waals surface area contributed by atoms with Crippen molar-refractivity contribution in [1.82, 2.24) is 4.90 Å². The number of aryl methyl sites for hydroxylation is 1. The van der Waals surface area contributed by atoms with Gasteiger partial charge in [-0.15, -0.1) is 0 Å². The Bertz CT molecular complexity index is 503. The van der Waals surface area contributed by atoms with Crippen molar-refractivity contribution in [2.75, 3.05) is 13.1 Å². The van der Waals surface area contributed by atoms with Crippen LogP contribution >= 0.6 is 0 Å². The van der Waals surface area contributed by atoms with Gasteiger partial charge < -0.3 is 10.0 Å². The fourth-order valence-electron chi connectivity index (χ4n) is 1.91. The van der Waals surface area contributed by atoms with E-state index in [0.29, 0.717) is 12.5 Å². The number of carboxylic acid groups (broad SMARTS) is 1. The molecule has 1 amide bonds. The van der Waals surface area contributed by atoms with Gasteiger partial charge in [0.15, 0.2) is 0 Å². The Morgan fingerprint density at radius 2 is 1.86 bits per heavy atom. The summed E-state index contributed by atoms with van der Waals surface area (Å²) in [7, 11) is 0. The van der Waals surface area contributed by atoms with Crippen LogP contribution in [0.15, 0.2) is 30.3 Å². The Morgan fingerprint density at radius 1 is 1.24 bits per heavy atom. The number of aliphatic carboxylic acids is 1. The van der Waals surface area contributed by atoms with Gasteiger partial charge in [-0.1, -0.05) is 43.7 Å². The highest BCUT2D eigenvalue weighted by atomic mass is 16.4. The minimum Gasteiger partial charge on any atom is -0.481 e.